The van der Waals surface area contributed by atoms with Crippen LogP contribution in [0, 0.1) is 11.6 Å². The summed E-state index contributed by atoms with van der Waals surface area (Å²) in [5.41, 5.74) is 3.35. The van der Waals surface area contributed by atoms with E-state index in [0.29, 0.717) is 27.4 Å². The highest BCUT2D eigenvalue weighted by Gasteiger charge is 2.42. The van der Waals surface area contributed by atoms with Crippen LogP contribution in [0.25, 0.3) is 5.70 Å². The highest BCUT2D eigenvalue weighted by molar-refractivity contribution is 7.98. The molecule has 0 fully saturated rings. The van der Waals surface area contributed by atoms with Crippen molar-refractivity contribution in [3.8, 4) is 5.75 Å². The van der Waals surface area contributed by atoms with Crippen molar-refractivity contribution < 1.29 is 13.5 Å². The summed E-state index contributed by atoms with van der Waals surface area (Å²) in [6, 6.07) is 17.5. The van der Waals surface area contributed by atoms with Crippen molar-refractivity contribution in [3.63, 3.8) is 0 Å². The summed E-state index contributed by atoms with van der Waals surface area (Å²) in [5, 5.41) is 9.17. The van der Waals surface area contributed by atoms with Gasteiger partial charge in [0.05, 0.1) is 5.70 Å². The first-order valence-electron chi connectivity index (χ1n) is 10.5. The van der Waals surface area contributed by atoms with Crippen molar-refractivity contribution in [1.82, 2.24) is 14.8 Å². The average molecular weight is 495 g/mol. The standard InChI is InChI=1S/C25H17ClF2N4OS/c1-34-25-30-24-29-21-17-12-14(26)8-11-19(17)33-23(16-4-2-3-5-18(16)28)20(21)22(32(24)31-25)13-6-9-15(27)10-7-13/h2-12,22-23H,1H3,(H,29,30,31)/t22-,23-/m0/s1. The molecule has 2 aliphatic rings. The van der Waals surface area contributed by atoms with Gasteiger partial charge >= 0.3 is 0 Å². The number of fused-ring (bicyclic) bond motifs is 3. The smallest absolute Gasteiger partial charge is 0.227 e. The molecular weight excluding hydrogens is 478 g/mol. The number of thioether (sulfide) groups is 1. The van der Waals surface area contributed by atoms with Crippen molar-refractivity contribution >= 4 is 35.0 Å². The molecule has 6 rings (SSSR count). The minimum absolute atomic E-state index is 0.349. The Morgan fingerprint density at radius 3 is 2.62 bits per heavy atom. The fourth-order valence-corrected chi connectivity index (χ4v) is 5.00. The maximum absolute atomic E-state index is 15.1. The van der Waals surface area contributed by atoms with Gasteiger partial charge in [-0.05, 0) is 48.2 Å². The molecule has 0 saturated carbocycles. The van der Waals surface area contributed by atoms with Gasteiger partial charge in [-0.2, -0.15) is 4.98 Å². The number of benzene rings is 3. The summed E-state index contributed by atoms with van der Waals surface area (Å²) in [6.45, 7) is 0. The van der Waals surface area contributed by atoms with E-state index in [4.69, 9.17) is 16.3 Å². The van der Waals surface area contributed by atoms with Crippen LogP contribution in [0.3, 0.4) is 0 Å². The first kappa shape index (κ1) is 21.2. The second-order valence-corrected chi connectivity index (χ2v) is 9.15. The summed E-state index contributed by atoms with van der Waals surface area (Å²) in [7, 11) is 0. The van der Waals surface area contributed by atoms with E-state index in [1.807, 2.05) is 6.26 Å². The molecule has 1 aromatic heterocycles. The molecule has 0 unspecified atom stereocenters. The molecule has 3 heterocycles. The van der Waals surface area contributed by atoms with E-state index in [1.54, 1.807) is 53.2 Å². The van der Waals surface area contributed by atoms with E-state index in [9.17, 15) is 4.39 Å². The quantitative estimate of drug-likeness (QED) is 0.330. The summed E-state index contributed by atoms with van der Waals surface area (Å²) >= 11 is 7.75. The zero-order valence-corrected chi connectivity index (χ0v) is 19.4. The third-order valence-corrected chi connectivity index (χ3v) is 6.74. The number of nitrogens with one attached hydrogen (secondary N) is 1. The number of halogens is 3. The highest BCUT2D eigenvalue weighted by atomic mass is 35.5. The molecule has 0 spiro atoms. The zero-order valence-electron chi connectivity index (χ0n) is 17.8. The van der Waals surface area contributed by atoms with Gasteiger partial charge in [0, 0.05) is 21.7 Å². The van der Waals surface area contributed by atoms with Crippen LogP contribution in [0.1, 0.15) is 28.8 Å². The van der Waals surface area contributed by atoms with Crippen LogP contribution in [0.4, 0.5) is 14.7 Å². The average Bonchev–Trinajstić information content (AvgIpc) is 3.26. The van der Waals surface area contributed by atoms with Gasteiger partial charge < -0.3 is 10.1 Å². The zero-order chi connectivity index (χ0) is 23.4. The molecule has 5 nitrogen and oxygen atoms in total. The summed E-state index contributed by atoms with van der Waals surface area (Å²) in [5.74, 6) is 0.360. The molecule has 2 atom stereocenters. The van der Waals surface area contributed by atoms with E-state index in [-0.39, 0.29) is 11.6 Å². The van der Waals surface area contributed by atoms with Crippen LogP contribution >= 0.6 is 23.4 Å². The largest absolute Gasteiger partial charge is 0.480 e. The highest BCUT2D eigenvalue weighted by Crippen LogP contribution is 2.51. The summed E-state index contributed by atoms with van der Waals surface area (Å²) in [6.07, 6.45) is 1.13. The molecule has 3 aromatic carbocycles. The molecule has 0 saturated heterocycles. The lowest BCUT2D eigenvalue weighted by molar-refractivity contribution is 0.218. The fraction of sp³-hybridized carbons (Fsp3) is 0.120. The molecule has 170 valence electrons. The number of nitrogens with zero attached hydrogens (tertiary/aromatic N) is 3. The van der Waals surface area contributed by atoms with E-state index in [1.165, 1.54) is 30.0 Å². The van der Waals surface area contributed by atoms with Crippen molar-refractivity contribution in [2.75, 3.05) is 11.6 Å². The van der Waals surface area contributed by atoms with E-state index in [0.717, 1.165) is 22.4 Å². The molecule has 0 bridgehead atoms. The minimum atomic E-state index is -0.762. The first-order valence-corrected chi connectivity index (χ1v) is 12.1. The van der Waals surface area contributed by atoms with E-state index >= 15 is 4.39 Å². The van der Waals surface area contributed by atoms with Crippen LogP contribution in [0.2, 0.25) is 5.02 Å². The first-order chi connectivity index (χ1) is 16.5. The fourth-order valence-electron chi connectivity index (χ4n) is 4.48. The molecule has 9 heteroatoms. The lowest BCUT2D eigenvalue weighted by Gasteiger charge is -2.39. The number of anilines is 1. The van der Waals surface area contributed by atoms with Crippen molar-refractivity contribution in [1.29, 1.82) is 0 Å². The number of hydrogen-bond acceptors (Lipinski definition) is 5. The summed E-state index contributed by atoms with van der Waals surface area (Å²) in [4.78, 5) is 4.61. The van der Waals surface area contributed by atoms with Crippen LogP contribution < -0.4 is 10.1 Å². The monoisotopic (exact) mass is 494 g/mol. The molecule has 1 N–H and O–H groups in total. The number of aromatic nitrogens is 3. The van der Waals surface area contributed by atoms with Crippen molar-refractivity contribution in [2.45, 2.75) is 17.3 Å². The topological polar surface area (TPSA) is 52.0 Å². The van der Waals surface area contributed by atoms with Gasteiger partial charge in [0.2, 0.25) is 11.1 Å². The Bertz CT molecular complexity index is 1450. The van der Waals surface area contributed by atoms with Gasteiger partial charge in [0.25, 0.3) is 0 Å². The molecule has 0 radical (unpaired) electrons. The van der Waals surface area contributed by atoms with E-state index in [2.05, 4.69) is 15.4 Å². The van der Waals surface area contributed by atoms with Crippen molar-refractivity contribution in [3.05, 3.63) is 106 Å². The van der Waals surface area contributed by atoms with Gasteiger partial charge in [-0.25, -0.2) is 13.5 Å². The molecule has 34 heavy (non-hydrogen) atoms. The third kappa shape index (κ3) is 3.36. The predicted octanol–water partition coefficient (Wildman–Crippen LogP) is 6.49. The van der Waals surface area contributed by atoms with E-state index < -0.39 is 12.1 Å². The minimum Gasteiger partial charge on any atom is -0.480 e. The Morgan fingerprint density at radius 2 is 1.85 bits per heavy atom. The van der Waals surface area contributed by atoms with Crippen LogP contribution in [0.5, 0.6) is 5.75 Å². The maximum Gasteiger partial charge on any atom is 0.227 e. The Kier molecular flexibility index (Phi) is 5.08. The SMILES string of the molecule is CSc1nc2n(n1)[C@@H](c1ccc(F)cc1)C1=C(N2)c2cc(Cl)ccc2O[C@H]1c1ccccc1F. The maximum atomic E-state index is 15.1. The second-order valence-electron chi connectivity index (χ2n) is 7.94. The van der Waals surface area contributed by atoms with Gasteiger partial charge in [-0.1, -0.05) is 53.7 Å². The van der Waals surface area contributed by atoms with Gasteiger partial charge in [-0.3, -0.25) is 0 Å². The van der Waals surface area contributed by atoms with Crippen LogP contribution in [0.15, 0.2) is 77.5 Å². The Hall–Kier alpha value is -3.36. The van der Waals surface area contributed by atoms with Crippen molar-refractivity contribution in [2.24, 2.45) is 0 Å². The normalized spacial score (nSPS) is 18.5. The Morgan fingerprint density at radius 1 is 1.06 bits per heavy atom. The Balaban J connectivity index is 1.66. The van der Waals surface area contributed by atoms with Gasteiger partial charge in [-0.15, -0.1) is 5.10 Å². The molecule has 2 aliphatic heterocycles. The van der Waals surface area contributed by atoms with Crippen LogP contribution in [-0.4, -0.2) is 21.0 Å². The molecule has 0 amide bonds. The predicted molar refractivity (Wildman–Crippen MR) is 128 cm³/mol. The third-order valence-electron chi connectivity index (χ3n) is 5.97. The lowest BCUT2D eigenvalue weighted by Crippen LogP contribution is -2.32. The van der Waals surface area contributed by atoms with Gasteiger partial charge in [0.1, 0.15) is 23.4 Å². The lowest BCUT2D eigenvalue weighted by atomic mass is 9.84. The molecule has 4 aromatic rings. The molecule has 0 aliphatic carbocycles. The second kappa shape index (κ2) is 8.14. The van der Waals surface area contributed by atoms with Crippen LogP contribution in [-0.2, 0) is 0 Å². The number of rotatable bonds is 3. The Labute approximate surface area is 203 Å². The number of ether oxygens (including phenoxy) is 1. The number of hydrogen-bond donors (Lipinski definition) is 1. The molecular formula is C25H17ClF2N4OS. The summed E-state index contributed by atoms with van der Waals surface area (Å²) < 4.78 is 37.1. The van der Waals surface area contributed by atoms with Gasteiger partial charge in [0.15, 0.2) is 6.10 Å².